The molecule has 0 fully saturated rings. The smallest absolute Gasteiger partial charge is 0.353 e. The van der Waals surface area contributed by atoms with Gasteiger partial charge in [0.25, 0.3) is 0 Å². The fourth-order valence-corrected chi connectivity index (χ4v) is 3.76. The van der Waals surface area contributed by atoms with E-state index in [1.54, 1.807) is 47.9 Å². The zero-order valence-corrected chi connectivity index (χ0v) is 17.8. The second-order valence-corrected chi connectivity index (χ2v) is 7.34. The van der Waals surface area contributed by atoms with Crippen molar-refractivity contribution >= 4 is 29.2 Å². The van der Waals surface area contributed by atoms with Crippen LogP contribution in [0, 0.1) is 0 Å². The monoisotopic (exact) mass is 438 g/mol. The summed E-state index contributed by atoms with van der Waals surface area (Å²) in [6.45, 7) is 0. The van der Waals surface area contributed by atoms with Crippen LogP contribution in [-0.4, -0.2) is 33.1 Å². The van der Waals surface area contributed by atoms with E-state index in [-0.39, 0.29) is 17.3 Å². The van der Waals surface area contributed by atoms with Crippen molar-refractivity contribution in [3.05, 3.63) is 69.6 Å². The summed E-state index contributed by atoms with van der Waals surface area (Å²) in [5, 5.41) is 1.79. The van der Waals surface area contributed by atoms with Crippen molar-refractivity contribution in [3.63, 3.8) is 0 Å². The van der Waals surface area contributed by atoms with Crippen molar-refractivity contribution in [2.45, 2.75) is 0 Å². The number of esters is 1. The molecule has 0 saturated carbocycles. The van der Waals surface area contributed by atoms with Crippen molar-refractivity contribution in [1.29, 1.82) is 0 Å². The Balaban J connectivity index is 1.62. The molecule has 1 aliphatic heterocycles. The molecule has 2 aromatic carbocycles. The van der Waals surface area contributed by atoms with Crippen LogP contribution in [0.3, 0.4) is 0 Å². The third kappa shape index (κ3) is 3.85. The van der Waals surface area contributed by atoms with Gasteiger partial charge in [-0.2, -0.15) is 0 Å². The maximum atomic E-state index is 12.8. The Morgan fingerprint density at radius 3 is 2.48 bits per heavy atom. The second-order valence-electron chi connectivity index (χ2n) is 6.39. The lowest BCUT2D eigenvalue weighted by atomic mass is 10.1. The summed E-state index contributed by atoms with van der Waals surface area (Å²) in [6.07, 6.45) is 1.57. The van der Waals surface area contributed by atoms with Gasteiger partial charge in [-0.1, -0.05) is 6.07 Å². The number of ether oxygens (including phenoxy) is 5. The van der Waals surface area contributed by atoms with Crippen LogP contribution in [-0.2, 0) is 0 Å². The van der Waals surface area contributed by atoms with Gasteiger partial charge in [0.05, 0.1) is 26.9 Å². The average molecular weight is 438 g/mol. The largest absolute Gasteiger partial charge is 0.493 e. The van der Waals surface area contributed by atoms with E-state index in [1.165, 1.54) is 38.7 Å². The minimum Gasteiger partial charge on any atom is -0.493 e. The Hall–Kier alpha value is -3.78. The van der Waals surface area contributed by atoms with Crippen LogP contribution in [0.2, 0.25) is 0 Å². The number of methoxy groups -OCH3 is 3. The minimum atomic E-state index is -0.467. The summed E-state index contributed by atoms with van der Waals surface area (Å²) in [4.78, 5) is 25.4. The van der Waals surface area contributed by atoms with E-state index in [9.17, 15) is 9.59 Å². The van der Waals surface area contributed by atoms with Gasteiger partial charge < -0.3 is 23.7 Å². The van der Waals surface area contributed by atoms with E-state index in [2.05, 4.69) is 0 Å². The van der Waals surface area contributed by atoms with E-state index < -0.39 is 5.97 Å². The van der Waals surface area contributed by atoms with E-state index in [4.69, 9.17) is 23.7 Å². The molecule has 0 amide bonds. The zero-order valence-electron chi connectivity index (χ0n) is 17.0. The van der Waals surface area contributed by atoms with Crippen LogP contribution in [0.15, 0.2) is 53.6 Å². The Kier molecular flexibility index (Phi) is 5.64. The van der Waals surface area contributed by atoms with Gasteiger partial charge in [-0.15, -0.1) is 11.3 Å². The lowest BCUT2D eigenvalue weighted by Crippen LogP contribution is -2.06. The number of hydrogen-bond acceptors (Lipinski definition) is 8. The Morgan fingerprint density at radius 1 is 1.00 bits per heavy atom. The van der Waals surface area contributed by atoms with Crippen LogP contribution < -0.4 is 23.7 Å². The molecule has 1 aliphatic rings. The number of carbonyl (C=O) groups is 2. The quantitative estimate of drug-likeness (QED) is 0.316. The molecule has 0 spiro atoms. The number of benzene rings is 2. The molecule has 0 saturated heterocycles. The van der Waals surface area contributed by atoms with Gasteiger partial charge in [-0.05, 0) is 41.8 Å². The second kappa shape index (κ2) is 8.53. The fourth-order valence-electron chi connectivity index (χ4n) is 3.16. The van der Waals surface area contributed by atoms with Crippen LogP contribution in [0.25, 0.3) is 6.08 Å². The topological polar surface area (TPSA) is 80.3 Å². The van der Waals surface area contributed by atoms with Crippen LogP contribution in [0.1, 0.15) is 25.6 Å². The first-order chi connectivity index (χ1) is 15.0. The maximum Gasteiger partial charge on any atom is 0.353 e. The predicted octanol–water partition coefficient (Wildman–Crippen LogP) is 4.61. The molecule has 1 aromatic heterocycles. The number of carbonyl (C=O) groups excluding carboxylic acids is 2. The number of thiophene rings is 1. The first-order valence-corrected chi connectivity index (χ1v) is 10.1. The van der Waals surface area contributed by atoms with Gasteiger partial charge in [-0.3, -0.25) is 4.79 Å². The summed E-state index contributed by atoms with van der Waals surface area (Å²) < 4.78 is 27.3. The molecule has 0 N–H and O–H groups in total. The zero-order chi connectivity index (χ0) is 22.0. The van der Waals surface area contributed by atoms with Crippen molar-refractivity contribution in [2.24, 2.45) is 0 Å². The molecule has 2 heterocycles. The number of rotatable bonds is 6. The molecular weight excluding hydrogens is 420 g/mol. The van der Waals surface area contributed by atoms with Crippen molar-refractivity contribution in [2.75, 3.05) is 21.3 Å². The van der Waals surface area contributed by atoms with Gasteiger partial charge in [0, 0.05) is 11.6 Å². The highest BCUT2D eigenvalue weighted by molar-refractivity contribution is 7.12. The summed E-state index contributed by atoms with van der Waals surface area (Å²) in [5.74, 6) is 1.27. The van der Waals surface area contributed by atoms with E-state index in [0.717, 1.165) is 0 Å². The molecule has 0 aliphatic carbocycles. The van der Waals surface area contributed by atoms with Crippen molar-refractivity contribution < 1.29 is 33.3 Å². The molecule has 0 unspecified atom stereocenters. The fraction of sp³-hybridized carbons (Fsp3) is 0.130. The van der Waals surface area contributed by atoms with Gasteiger partial charge in [0.2, 0.25) is 11.5 Å². The summed E-state index contributed by atoms with van der Waals surface area (Å²) in [6, 6.07) is 11.5. The van der Waals surface area contributed by atoms with Crippen LogP contribution in [0.4, 0.5) is 0 Å². The molecule has 31 heavy (non-hydrogen) atoms. The van der Waals surface area contributed by atoms with Crippen molar-refractivity contribution in [1.82, 2.24) is 0 Å². The maximum absolute atomic E-state index is 12.8. The third-order valence-electron chi connectivity index (χ3n) is 4.60. The standard InChI is InChI=1S/C23H18O7S/c1-26-16-9-6-13(21(27-2)22(16)28-3)11-18-20(24)15-8-7-14(12-17(15)30-18)29-23(25)19-5-4-10-31-19/h4-12H,1-3H3/b18-11-. The number of fused-ring (bicyclic) bond motifs is 1. The highest BCUT2D eigenvalue weighted by atomic mass is 32.1. The highest BCUT2D eigenvalue weighted by Gasteiger charge is 2.29. The highest BCUT2D eigenvalue weighted by Crippen LogP contribution is 2.42. The molecule has 0 atom stereocenters. The Labute approximate surface area is 182 Å². The number of ketones is 1. The normalized spacial score (nSPS) is 13.5. The molecule has 7 nitrogen and oxygen atoms in total. The number of allylic oxidation sites excluding steroid dienone is 1. The van der Waals surface area contributed by atoms with E-state index in [0.29, 0.717) is 39.0 Å². The molecule has 8 heteroatoms. The third-order valence-corrected chi connectivity index (χ3v) is 5.45. The first-order valence-electron chi connectivity index (χ1n) is 9.18. The molecule has 3 aromatic rings. The molecule has 158 valence electrons. The van der Waals surface area contributed by atoms with E-state index >= 15 is 0 Å². The average Bonchev–Trinajstić information content (AvgIpc) is 3.42. The molecule has 0 radical (unpaired) electrons. The predicted molar refractivity (Wildman–Crippen MR) is 115 cm³/mol. The van der Waals surface area contributed by atoms with Crippen LogP contribution in [0.5, 0.6) is 28.7 Å². The lowest BCUT2D eigenvalue weighted by Gasteiger charge is -2.14. The summed E-state index contributed by atoms with van der Waals surface area (Å²) >= 11 is 1.29. The van der Waals surface area contributed by atoms with Crippen molar-refractivity contribution in [3.8, 4) is 28.7 Å². The summed E-state index contributed by atoms with van der Waals surface area (Å²) in [5.41, 5.74) is 0.960. The first kappa shape index (κ1) is 20.5. The Morgan fingerprint density at radius 2 is 1.81 bits per heavy atom. The van der Waals surface area contributed by atoms with Gasteiger partial charge in [0.1, 0.15) is 16.4 Å². The molecule has 4 rings (SSSR count). The van der Waals surface area contributed by atoms with E-state index in [1.807, 2.05) is 0 Å². The SMILES string of the molecule is COc1ccc(/C=C2\Oc3cc(OC(=O)c4cccs4)ccc3C2=O)c(OC)c1OC. The minimum absolute atomic E-state index is 0.113. The molecule has 0 bridgehead atoms. The van der Waals surface area contributed by atoms with Gasteiger partial charge in [-0.25, -0.2) is 4.79 Å². The Bertz CT molecular complexity index is 1180. The lowest BCUT2D eigenvalue weighted by molar-refractivity contribution is 0.0739. The number of hydrogen-bond donors (Lipinski definition) is 0. The van der Waals surface area contributed by atoms with Gasteiger partial charge >= 0.3 is 5.97 Å². The molecular formula is C23H18O7S. The van der Waals surface area contributed by atoms with Gasteiger partial charge in [0.15, 0.2) is 17.3 Å². The number of Topliss-reactive ketones (excluding diaryl/α,β-unsaturated/α-hetero) is 1. The van der Waals surface area contributed by atoms with Crippen LogP contribution >= 0.6 is 11.3 Å². The summed E-state index contributed by atoms with van der Waals surface area (Å²) in [7, 11) is 4.53.